The molecule has 3 aliphatic carbocycles. The maximum absolute atomic E-state index is 11.7. The van der Waals surface area contributed by atoms with Gasteiger partial charge in [-0.2, -0.15) is 4.98 Å². The monoisotopic (exact) mass is 439 g/mol. The maximum Gasteiger partial charge on any atom is 0.339 e. The summed E-state index contributed by atoms with van der Waals surface area (Å²) in [7, 11) is 1.35. The van der Waals surface area contributed by atoms with Crippen LogP contribution in [0.3, 0.4) is 0 Å². The molecule has 2 heterocycles. The molecule has 7 heteroatoms. The molecule has 5 rings (SSSR count). The van der Waals surface area contributed by atoms with Gasteiger partial charge in [0, 0.05) is 26.8 Å². The topological polar surface area (TPSA) is 78.1 Å². The lowest BCUT2D eigenvalue weighted by Crippen LogP contribution is -2.44. The normalized spacial score (nSPS) is 28.8. The molecule has 0 atom stereocenters. The highest BCUT2D eigenvalue weighted by atomic mass is 127. The number of methoxy groups -OCH3 is 1. The number of nitrogens with zero attached hydrogens (tertiary/aromatic N) is 3. The summed E-state index contributed by atoms with van der Waals surface area (Å²) < 4.78 is 10.8. The molecular formula is C17H18IN3O3. The van der Waals surface area contributed by atoms with Crippen molar-refractivity contribution >= 4 is 28.6 Å². The standard InChI is InChI=1S/C17H18IN3O3/c1-23-14(22)12-8-11(9-19-10-12)13-20-15(24-21-13)16-2-5-17(18,6-3-16)7-4-16/h8-10H,2-7H2,1H3. The molecule has 0 aromatic carbocycles. The summed E-state index contributed by atoms with van der Waals surface area (Å²) in [6, 6.07) is 1.68. The van der Waals surface area contributed by atoms with Gasteiger partial charge in [0.25, 0.3) is 0 Å². The van der Waals surface area contributed by atoms with Crippen LogP contribution in [0.4, 0.5) is 0 Å². The van der Waals surface area contributed by atoms with Crippen LogP contribution in [-0.4, -0.2) is 31.6 Å². The first kappa shape index (κ1) is 16.0. The molecular weight excluding hydrogens is 421 g/mol. The fourth-order valence-electron chi connectivity index (χ4n) is 3.81. The Morgan fingerprint density at radius 1 is 1.21 bits per heavy atom. The smallest absolute Gasteiger partial charge is 0.339 e. The molecule has 2 aromatic heterocycles. The van der Waals surface area contributed by atoms with Crippen molar-refractivity contribution < 1.29 is 14.1 Å². The van der Waals surface area contributed by atoms with Crippen molar-refractivity contribution in [3.05, 3.63) is 29.9 Å². The lowest BCUT2D eigenvalue weighted by molar-refractivity contribution is 0.0600. The summed E-state index contributed by atoms with van der Waals surface area (Å²) in [6.45, 7) is 0. The van der Waals surface area contributed by atoms with Gasteiger partial charge in [-0.3, -0.25) is 4.98 Å². The first-order valence-electron chi connectivity index (χ1n) is 8.11. The number of hydrogen-bond donors (Lipinski definition) is 0. The first-order chi connectivity index (χ1) is 11.5. The molecule has 24 heavy (non-hydrogen) atoms. The Labute approximate surface area is 153 Å². The largest absolute Gasteiger partial charge is 0.465 e. The summed E-state index contributed by atoms with van der Waals surface area (Å²) in [6.07, 6.45) is 10.1. The summed E-state index contributed by atoms with van der Waals surface area (Å²) in [5.74, 6) is 0.790. The third kappa shape index (κ3) is 2.62. The van der Waals surface area contributed by atoms with Gasteiger partial charge in [-0.1, -0.05) is 27.7 Å². The fourth-order valence-corrected chi connectivity index (χ4v) is 4.62. The molecule has 0 amide bonds. The van der Waals surface area contributed by atoms with Gasteiger partial charge in [0.15, 0.2) is 0 Å². The third-order valence-corrected chi connectivity index (χ3v) is 7.07. The van der Waals surface area contributed by atoms with Crippen LogP contribution in [-0.2, 0) is 10.2 Å². The second-order valence-electron chi connectivity index (χ2n) is 6.81. The quantitative estimate of drug-likeness (QED) is 0.413. The predicted octanol–water partition coefficient (Wildman–Crippen LogP) is 3.70. The van der Waals surface area contributed by atoms with Gasteiger partial charge in [-0.05, 0) is 44.6 Å². The van der Waals surface area contributed by atoms with Crippen molar-refractivity contribution in [3.8, 4) is 11.4 Å². The van der Waals surface area contributed by atoms with Gasteiger partial charge in [-0.15, -0.1) is 0 Å². The molecule has 6 nitrogen and oxygen atoms in total. The molecule has 3 aliphatic rings. The van der Waals surface area contributed by atoms with Gasteiger partial charge in [0.2, 0.25) is 11.7 Å². The maximum atomic E-state index is 11.7. The van der Waals surface area contributed by atoms with E-state index in [2.05, 4.69) is 37.7 Å². The number of carbonyl (C=O) groups excluding carboxylic acids is 1. The van der Waals surface area contributed by atoms with E-state index < -0.39 is 5.97 Å². The van der Waals surface area contributed by atoms with Crippen LogP contribution < -0.4 is 0 Å². The zero-order chi connectivity index (χ0) is 16.8. The van der Waals surface area contributed by atoms with E-state index in [-0.39, 0.29) is 5.41 Å². The van der Waals surface area contributed by atoms with E-state index in [4.69, 9.17) is 9.26 Å². The zero-order valence-electron chi connectivity index (χ0n) is 13.4. The van der Waals surface area contributed by atoms with E-state index in [1.54, 1.807) is 12.3 Å². The zero-order valence-corrected chi connectivity index (χ0v) is 15.6. The van der Waals surface area contributed by atoms with Crippen molar-refractivity contribution in [3.63, 3.8) is 0 Å². The first-order valence-corrected chi connectivity index (χ1v) is 9.18. The molecule has 3 fully saturated rings. The SMILES string of the molecule is COC(=O)c1cncc(-c2noc(C34CCC(I)(CC3)CC4)n2)c1. The van der Waals surface area contributed by atoms with Crippen molar-refractivity contribution in [1.29, 1.82) is 0 Å². The summed E-state index contributed by atoms with van der Waals surface area (Å²) >= 11 is 2.63. The number of alkyl halides is 1. The Hall–Kier alpha value is -1.51. The van der Waals surface area contributed by atoms with Crippen LogP contribution in [0.5, 0.6) is 0 Å². The van der Waals surface area contributed by atoms with Crippen molar-refractivity contribution in [2.45, 2.75) is 47.4 Å². The lowest BCUT2D eigenvalue weighted by Gasteiger charge is -2.48. The average Bonchev–Trinajstić information content (AvgIpc) is 3.13. The third-order valence-electron chi connectivity index (χ3n) is 5.45. The van der Waals surface area contributed by atoms with Crippen LogP contribution in [0.15, 0.2) is 23.0 Å². The molecule has 2 aromatic rings. The Balaban J connectivity index is 1.63. The van der Waals surface area contributed by atoms with Crippen molar-refractivity contribution in [2.75, 3.05) is 7.11 Å². The minimum Gasteiger partial charge on any atom is -0.465 e. The Bertz CT molecular complexity index is 764. The molecule has 0 unspecified atom stereocenters. The number of ether oxygens (including phenoxy) is 1. The Morgan fingerprint density at radius 2 is 1.92 bits per heavy atom. The van der Waals surface area contributed by atoms with Crippen molar-refractivity contribution in [2.24, 2.45) is 0 Å². The van der Waals surface area contributed by atoms with E-state index >= 15 is 0 Å². The summed E-state index contributed by atoms with van der Waals surface area (Å²) in [5, 5.41) is 4.14. The molecule has 0 saturated heterocycles. The number of esters is 1. The van der Waals surface area contributed by atoms with E-state index in [0.717, 1.165) is 25.2 Å². The lowest BCUT2D eigenvalue weighted by atomic mass is 9.60. The van der Waals surface area contributed by atoms with Crippen LogP contribution >= 0.6 is 22.6 Å². The molecule has 3 saturated carbocycles. The number of hydrogen-bond acceptors (Lipinski definition) is 6. The second-order valence-corrected chi connectivity index (χ2v) is 9.10. The predicted molar refractivity (Wildman–Crippen MR) is 95.0 cm³/mol. The number of pyridine rings is 1. The van der Waals surface area contributed by atoms with Crippen LogP contribution in [0.25, 0.3) is 11.4 Å². The highest BCUT2D eigenvalue weighted by molar-refractivity contribution is 14.1. The Kier molecular flexibility index (Phi) is 3.85. The molecule has 2 bridgehead atoms. The van der Waals surface area contributed by atoms with Crippen LogP contribution in [0.2, 0.25) is 0 Å². The Morgan fingerprint density at radius 3 is 2.58 bits per heavy atom. The minimum atomic E-state index is -0.426. The molecule has 0 aliphatic heterocycles. The highest BCUT2D eigenvalue weighted by Gasteiger charge is 2.51. The highest BCUT2D eigenvalue weighted by Crippen LogP contribution is 2.56. The molecule has 0 spiro atoms. The van der Waals surface area contributed by atoms with Gasteiger partial charge in [0.1, 0.15) is 0 Å². The van der Waals surface area contributed by atoms with Crippen molar-refractivity contribution in [1.82, 2.24) is 15.1 Å². The number of carbonyl (C=O) groups is 1. The molecule has 126 valence electrons. The summed E-state index contributed by atoms with van der Waals surface area (Å²) in [5.41, 5.74) is 1.08. The van der Waals surface area contributed by atoms with Gasteiger partial charge >= 0.3 is 5.97 Å². The van der Waals surface area contributed by atoms with Crippen LogP contribution in [0.1, 0.15) is 54.8 Å². The second kappa shape index (κ2) is 5.79. The number of halogens is 1. The van der Waals surface area contributed by atoms with E-state index in [1.165, 1.54) is 32.6 Å². The van der Waals surface area contributed by atoms with E-state index in [1.807, 2.05) is 0 Å². The van der Waals surface area contributed by atoms with E-state index in [9.17, 15) is 4.79 Å². The van der Waals surface area contributed by atoms with Gasteiger partial charge in [-0.25, -0.2) is 4.79 Å². The van der Waals surface area contributed by atoms with Gasteiger partial charge in [0.05, 0.1) is 12.7 Å². The summed E-state index contributed by atoms with van der Waals surface area (Å²) in [4.78, 5) is 20.4. The number of rotatable bonds is 3. The minimum absolute atomic E-state index is 0.0333. The number of aromatic nitrogens is 3. The van der Waals surface area contributed by atoms with Crippen LogP contribution in [0, 0.1) is 0 Å². The van der Waals surface area contributed by atoms with Gasteiger partial charge < -0.3 is 9.26 Å². The van der Waals surface area contributed by atoms with E-state index in [0.29, 0.717) is 20.4 Å². The fraction of sp³-hybridized carbons (Fsp3) is 0.529. The average molecular weight is 439 g/mol. The number of fused-ring (bicyclic) bond motifs is 3. The molecule has 0 N–H and O–H groups in total. The molecule has 0 radical (unpaired) electrons.